The smallest absolute Gasteiger partial charge is 0.265 e. The minimum Gasteiger partial charge on any atom is -0.491 e. The van der Waals surface area contributed by atoms with E-state index in [-0.39, 0.29) is 12.0 Å². The van der Waals surface area contributed by atoms with E-state index in [1.165, 1.54) is 0 Å². The van der Waals surface area contributed by atoms with Gasteiger partial charge in [0.25, 0.3) is 5.91 Å². The molecule has 4 nitrogen and oxygen atoms in total. The molecule has 5 heteroatoms. The van der Waals surface area contributed by atoms with Crippen molar-refractivity contribution in [1.82, 2.24) is 0 Å². The van der Waals surface area contributed by atoms with Crippen LogP contribution in [0.3, 0.4) is 0 Å². The van der Waals surface area contributed by atoms with Crippen molar-refractivity contribution in [2.24, 2.45) is 0 Å². The van der Waals surface area contributed by atoms with Crippen LogP contribution in [0, 0.1) is 0 Å². The zero-order chi connectivity index (χ0) is 16.8. The van der Waals surface area contributed by atoms with Crippen molar-refractivity contribution in [3.05, 3.63) is 53.6 Å². The van der Waals surface area contributed by atoms with Gasteiger partial charge < -0.3 is 14.8 Å². The number of hydrogen-bond donors (Lipinski definition) is 1. The molecule has 2 aromatic carbocycles. The van der Waals surface area contributed by atoms with Crippen molar-refractivity contribution in [3.8, 4) is 11.5 Å². The lowest BCUT2D eigenvalue weighted by atomic mass is 10.2. The van der Waals surface area contributed by atoms with Crippen LogP contribution < -0.4 is 14.8 Å². The second-order valence-corrected chi connectivity index (χ2v) is 5.78. The second-order valence-electron chi connectivity index (χ2n) is 5.37. The third kappa shape index (κ3) is 5.18. The Morgan fingerprint density at radius 1 is 1.04 bits per heavy atom. The van der Waals surface area contributed by atoms with E-state index in [4.69, 9.17) is 21.1 Å². The molecule has 0 aliphatic rings. The number of benzene rings is 2. The lowest BCUT2D eigenvalue weighted by Gasteiger charge is -2.16. The summed E-state index contributed by atoms with van der Waals surface area (Å²) in [6, 6.07) is 14.3. The van der Waals surface area contributed by atoms with E-state index >= 15 is 0 Å². The normalized spacial score (nSPS) is 11.9. The fourth-order valence-electron chi connectivity index (χ4n) is 1.95. The van der Waals surface area contributed by atoms with E-state index in [1.54, 1.807) is 43.3 Å². The molecule has 0 spiro atoms. The van der Waals surface area contributed by atoms with E-state index in [0.717, 1.165) is 0 Å². The predicted molar refractivity (Wildman–Crippen MR) is 92.4 cm³/mol. The molecule has 0 saturated heterocycles. The average Bonchev–Trinajstić information content (AvgIpc) is 2.49. The van der Waals surface area contributed by atoms with Crippen LogP contribution in [0.15, 0.2) is 48.5 Å². The number of halogens is 1. The largest absolute Gasteiger partial charge is 0.491 e. The maximum atomic E-state index is 12.2. The molecule has 1 atom stereocenters. The van der Waals surface area contributed by atoms with Crippen molar-refractivity contribution in [1.29, 1.82) is 0 Å². The zero-order valence-electron chi connectivity index (χ0n) is 13.4. The van der Waals surface area contributed by atoms with Crippen LogP contribution in [0.25, 0.3) is 0 Å². The van der Waals surface area contributed by atoms with Gasteiger partial charge in [0.15, 0.2) is 6.10 Å². The Balaban J connectivity index is 1.99. The Labute approximate surface area is 141 Å². The van der Waals surface area contributed by atoms with E-state index in [2.05, 4.69) is 5.32 Å². The third-order valence-electron chi connectivity index (χ3n) is 2.98. The van der Waals surface area contributed by atoms with Crippen LogP contribution in [-0.2, 0) is 4.79 Å². The Morgan fingerprint density at radius 3 is 2.48 bits per heavy atom. The molecular formula is C18H20ClNO3. The highest BCUT2D eigenvalue weighted by Gasteiger charge is 2.16. The Bertz CT molecular complexity index is 673. The highest BCUT2D eigenvalue weighted by Crippen LogP contribution is 2.24. The van der Waals surface area contributed by atoms with Crippen molar-refractivity contribution in [3.63, 3.8) is 0 Å². The van der Waals surface area contributed by atoms with Gasteiger partial charge in [-0.05, 0) is 45.0 Å². The molecule has 0 aliphatic heterocycles. The summed E-state index contributed by atoms with van der Waals surface area (Å²) in [5, 5.41) is 3.28. The molecule has 23 heavy (non-hydrogen) atoms. The number of hydrogen-bond acceptors (Lipinski definition) is 3. The molecule has 1 amide bonds. The fourth-order valence-corrected chi connectivity index (χ4v) is 2.13. The van der Waals surface area contributed by atoms with Gasteiger partial charge in [-0.1, -0.05) is 29.8 Å². The van der Waals surface area contributed by atoms with Gasteiger partial charge >= 0.3 is 0 Å². The van der Waals surface area contributed by atoms with Gasteiger partial charge in [-0.2, -0.15) is 0 Å². The van der Waals surface area contributed by atoms with Gasteiger partial charge in [-0.3, -0.25) is 4.79 Å². The fraction of sp³-hybridized carbons (Fsp3) is 0.278. The molecule has 0 saturated carbocycles. The number of carbonyl (C=O) groups is 1. The van der Waals surface area contributed by atoms with Crippen LogP contribution in [0.4, 0.5) is 5.69 Å². The number of nitrogens with one attached hydrogen (secondary N) is 1. The van der Waals surface area contributed by atoms with E-state index in [9.17, 15) is 4.79 Å². The molecule has 1 N–H and O–H groups in total. The summed E-state index contributed by atoms with van der Waals surface area (Å²) in [5.74, 6) is 0.929. The van der Waals surface area contributed by atoms with E-state index < -0.39 is 6.10 Å². The average molecular weight is 334 g/mol. The van der Waals surface area contributed by atoms with Crippen molar-refractivity contribution < 1.29 is 14.3 Å². The monoisotopic (exact) mass is 333 g/mol. The van der Waals surface area contributed by atoms with Crippen LogP contribution in [-0.4, -0.2) is 18.1 Å². The standard InChI is InChI=1S/C18H20ClNO3/c1-12(2)22-15-8-6-7-14(11-15)20-18(21)13(3)23-17-10-5-4-9-16(17)19/h4-13H,1-3H3,(H,20,21)/t13-/m0/s1. The number of anilines is 1. The van der Waals surface area contributed by atoms with Gasteiger partial charge in [0, 0.05) is 11.8 Å². The van der Waals surface area contributed by atoms with Crippen molar-refractivity contribution >= 4 is 23.2 Å². The summed E-state index contributed by atoms with van der Waals surface area (Å²) in [4.78, 5) is 12.2. The zero-order valence-corrected chi connectivity index (χ0v) is 14.1. The van der Waals surface area contributed by atoms with Gasteiger partial charge in [0.05, 0.1) is 11.1 Å². The summed E-state index contributed by atoms with van der Waals surface area (Å²) >= 11 is 6.03. The molecule has 122 valence electrons. The second kappa shape index (κ2) is 7.88. The number of rotatable bonds is 6. The molecular weight excluding hydrogens is 314 g/mol. The molecule has 0 unspecified atom stereocenters. The SMILES string of the molecule is CC(C)Oc1cccc(NC(=O)[C@H](C)Oc2ccccc2Cl)c1. The van der Waals surface area contributed by atoms with E-state index in [0.29, 0.717) is 22.2 Å². The van der Waals surface area contributed by atoms with Crippen molar-refractivity contribution in [2.45, 2.75) is 33.0 Å². The molecule has 0 heterocycles. The molecule has 2 rings (SSSR count). The molecule has 0 fully saturated rings. The summed E-state index contributed by atoms with van der Waals surface area (Å²) in [6.07, 6.45) is -0.604. The van der Waals surface area contributed by atoms with Gasteiger partial charge in [-0.25, -0.2) is 0 Å². The predicted octanol–water partition coefficient (Wildman–Crippen LogP) is 4.53. The minimum absolute atomic E-state index is 0.0726. The summed E-state index contributed by atoms with van der Waals surface area (Å²) in [5.41, 5.74) is 0.655. The molecule has 0 radical (unpaired) electrons. The minimum atomic E-state index is -0.676. The highest BCUT2D eigenvalue weighted by atomic mass is 35.5. The van der Waals surface area contributed by atoms with E-state index in [1.807, 2.05) is 26.0 Å². The first-order chi connectivity index (χ1) is 11.0. The van der Waals surface area contributed by atoms with Crippen LogP contribution in [0.5, 0.6) is 11.5 Å². The van der Waals surface area contributed by atoms with Gasteiger partial charge in [0.1, 0.15) is 11.5 Å². The number of amides is 1. The Morgan fingerprint density at radius 2 is 1.78 bits per heavy atom. The molecule has 0 aromatic heterocycles. The van der Waals surface area contributed by atoms with Crippen LogP contribution >= 0.6 is 11.6 Å². The lowest BCUT2D eigenvalue weighted by molar-refractivity contribution is -0.122. The molecule has 0 bridgehead atoms. The number of para-hydroxylation sites is 1. The molecule has 2 aromatic rings. The maximum absolute atomic E-state index is 12.2. The topological polar surface area (TPSA) is 47.6 Å². The first kappa shape index (κ1) is 17.2. The van der Waals surface area contributed by atoms with Gasteiger partial charge in [0.2, 0.25) is 0 Å². The third-order valence-corrected chi connectivity index (χ3v) is 3.30. The summed E-state index contributed by atoms with van der Waals surface area (Å²) < 4.78 is 11.2. The maximum Gasteiger partial charge on any atom is 0.265 e. The number of carbonyl (C=O) groups excluding carboxylic acids is 1. The lowest BCUT2D eigenvalue weighted by Crippen LogP contribution is -2.30. The summed E-state index contributed by atoms with van der Waals surface area (Å²) in [6.45, 7) is 5.57. The summed E-state index contributed by atoms with van der Waals surface area (Å²) in [7, 11) is 0. The quantitative estimate of drug-likeness (QED) is 0.844. The highest BCUT2D eigenvalue weighted by molar-refractivity contribution is 6.32. The van der Waals surface area contributed by atoms with Gasteiger partial charge in [-0.15, -0.1) is 0 Å². The Kier molecular flexibility index (Phi) is 5.88. The van der Waals surface area contributed by atoms with Crippen molar-refractivity contribution in [2.75, 3.05) is 5.32 Å². The number of ether oxygens (including phenoxy) is 2. The van der Waals surface area contributed by atoms with Crippen LogP contribution in [0.1, 0.15) is 20.8 Å². The van der Waals surface area contributed by atoms with Crippen LogP contribution in [0.2, 0.25) is 5.02 Å². The Hall–Kier alpha value is -2.20. The molecule has 0 aliphatic carbocycles. The first-order valence-corrected chi connectivity index (χ1v) is 7.82. The first-order valence-electron chi connectivity index (χ1n) is 7.44.